The van der Waals surface area contributed by atoms with Crippen LogP contribution in [0.15, 0.2) is 45.7 Å². The molecule has 3 aromatic heterocycles. The second-order valence-corrected chi connectivity index (χ2v) is 5.01. The van der Waals surface area contributed by atoms with Gasteiger partial charge in [-0.15, -0.1) is 0 Å². The van der Waals surface area contributed by atoms with Gasteiger partial charge in [-0.25, -0.2) is 9.78 Å². The van der Waals surface area contributed by atoms with E-state index in [9.17, 15) is 9.59 Å². The zero-order valence-electron chi connectivity index (χ0n) is 12.2. The van der Waals surface area contributed by atoms with Crippen molar-refractivity contribution < 1.29 is 13.9 Å². The monoisotopic (exact) mass is 298 g/mol. The molecule has 3 aromatic rings. The van der Waals surface area contributed by atoms with Crippen LogP contribution in [0.25, 0.3) is 5.65 Å². The fourth-order valence-electron chi connectivity index (χ4n) is 2.09. The van der Waals surface area contributed by atoms with Gasteiger partial charge in [0.15, 0.2) is 0 Å². The van der Waals surface area contributed by atoms with Crippen molar-refractivity contribution in [2.45, 2.75) is 20.5 Å². The first-order valence-electron chi connectivity index (χ1n) is 6.75. The van der Waals surface area contributed by atoms with Gasteiger partial charge in [0.25, 0.3) is 5.56 Å². The van der Waals surface area contributed by atoms with Crippen LogP contribution in [0.4, 0.5) is 0 Å². The van der Waals surface area contributed by atoms with E-state index in [4.69, 9.17) is 9.15 Å². The Kier molecular flexibility index (Phi) is 3.50. The molecule has 0 radical (unpaired) electrons. The number of ether oxygens (including phenoxy) is 1. The SMILES string of the molecule is Cc1ccc2nc(COC(=O)c3ccc(C)o3)cc(=O)n2c1. The minimum atomic E-state index is -0.584. The number of nitrogens with zero attached hydrogens (tertiary/aromatic N) is 2. The summed E-state index contributed by atoms with van der Waals surface area (Å²) in [5.74, 6) is 0.175. The molecule has 0 unspecified atom stereocenters. The molecule has 6 nitrogen and oxygen atoms in total. The van der Waals surface area contributed by atoms with Gasteiger partial charge in [-0.05, 0) is 37.6 Å². The molecule has 3 rings (SSSR count). The van der Waals surface area contributed by atoms with Gasteiger partial charge in [-0.1, -0.05) is 6.07 Å². The number of aryl methyl sites for hydroxylation is 2. The Morgan fingerprint density at radius 3 is 2.82 bits per heavy atom. The van der Waals surface area contributed by atoms with Crippen molar-refractivity contribution in [1.82, 2.24) is 9.38 Å². The van der Waals surface area contributed by atoms with E-state index in [1.54, 1.807) is 31.3 Å². The number of carbonyl (C=O) groups excluding carboxylic acids is 1. The van der Waals surface area contributed by atoms with Gasteiger partial charge in [0.2, 0.25) is 5.76 Å². The highest BCUT2D eigenvalue weighted by molar-refractivity contribution is 5.86. The fraction of sp³-hybridized carbons (Fsp3) is 0.188. The Morgan fingerprint density at radius 1 is 1.27 bits per heavy atom. The van der Waals surface area contributed by atoms with Crippen LogP contribution in [0.1, 0.15) is 27.6 Å². The van der Waals surface area contributed by atoms with Crippen LogP contribution in [-0.4, -0.2) is 15.4 Å². The lowest BCUT2D eigenvalue weighted by molar-refractivity contribution is 0.0429. The number of hydrogen-bond donors (Lipinski definition) is 0. The van der Waals surface area contributed by atoms with Crippen molar-refractivity contribution >= 4 is 11.6 Å². The summed E-state index contributed by atoms with van der Waals surface area (Å²) in [4.78, 5) is 28.1. The molecule has 3 heterocycles. The van der Waals surface area contributed by atoms with Crippen LogP contribution in [-0.2, 0) is 11.3 Å². The van der Waals surface area contributed by atoms with Gasteiger partial charge in [0.05, 0.1) is 5.69 Å². The number of carbonyl (C=O) groups is 1. The Labute approximate surface area is 126 Å². The number of pyridine rings is 1. The number of hydrogen-bond acceptors (Lipinski definition) is 5. The predicted molar refractivity (Wildman–Crippen MR) is 78.8 cm³/mol. The van der Waals surface area contributed by atoms with E-state index in [1.807, 2.05) is 13.0 Å². The molecule has 0 saturated carbocycles. The van der Waals surface area contributed by atoms with E-state index >= 15 is 0 Å². The van der Waals surface area contributed by atoms with Crippen LogP contribution in [0.3, 0.4) is 0 Å². The molecular weight excluding hydrogens is 284 g/mol. The van der Waals surface area contributed by atoms with Crippen molar-refractivity contribution in [3.05, 3.63) is 69.7 Å². The minimum Gasteiger partial charge on any atom is -0.454 e. The summed E-state index contributed by atoms with van der Waals surface area (Å²) >= 11 is 0. The van der Waals surface area contributed by atoms with Crippen LogP contribution in [0.5, 0.6) is 0 Å². The fourth-order valence-corrected chi connectivity index (χ4v) is 2.09. The van der Waals surface area contributed by atoms with Crippen LogP contribution in [0.2, 0.25) is 0 Å². The average molecular weight is 298 g/mol. The Morgan fingerprint density at radius 2 is 2.09 bits per heavy atom. The molecule has 0 aliphatic carbocycles. The third kappa shape index (κ3) is 2.76. The molecule has 0 N–H and O–H groups in total. The molecule has 22 heavy (non-hydrogen) atoms. The highest BCUT2D eigenvalue weighted by Gasteiger charge is 2.12. The van der Waals surface area contributed by atoms with Crippen molar-refractivity contribution in [2.24, 2.45) is 0 Å². The molecule has 0 fully saturated rings. The van der Waals surface area contributed by atoms with Gasteiger partial charge in [-0.2, -0.15) is 0 Å². The maximum Gasteiger partial charge on any atom is 0.374 e. The van der Waals surface area contributed by atoms with E-state index in [0.717, 1.165) is 5.56 Å². The van der Waals surface area contributed by atoms with Gasteiger partial charge in [0, 0.05) is 12.3 Å². The number of fused-ring (bicyclic) bond motifs is 1. The lowest BCUT2D eigenvalue weighted by Gasteiger charge is -2.05. The van der Waals surface area contributed by atoms with Crippen LogP contribution >= 0.6 is 0 Å². The standard InChI is InChI=1S/C16H14N2O4/c1-10-3-6-14-17-12(7-15(19)18(14)8-10)9-21-16(20)13-5-4-11(2)22-13/h3-8H,9H2,1-2H3. The molecule has 0 aliphatic heterocycles. The summed E-state index contributed by atoms with van der Waals surface area (Å²) in [5.41, 5.74) is 1.65. The lowest BCUT2D eigenvalue weighted by atomic mass is 10.3. The largest absolute Gasteiger partial charge is 0.454 e. The van der Waals surface area contributed by atoms with E-state index in [1.165, 1.54) is 10.5 Å². The van der Waals surface area contributed by atoms with Crippen molar-refractivity contribution in [3.8, 4) is 0 Å². The second-order valence-electron chi connectivity index (χ2n) is 5.01. The lowest BCUT2D eigenvalue weighted by Crippen LogP contribution is -2.16. The molecule has 0 atom stereocenters. The molecule has 0 bridgehead atoms. The minimum absolute atomic E-state index is 0.0851. The third-order valence-corrected chi connectivity index (χ3v) is 3.15. The summed E-state index contributed by atoms with van der Waals surface area (Å²) in [6.07, 6.45) is 1.71. The van der Waals surface area contributed by atoms with Crippen molar-refractivity contribution in [1.29, 1.82) is 0 Å². The molecule has 112 valence electrons. The molecule has 0 aromatic carbocycles. The topological polar surface area (TPSA) is 73.8 Å². The Balaban J connectivity index is 1.81. The van der Waals surface area contributed by atoms with E-state index in [-0.39, 0.29) is 17.9 Å². The number of aromatic nitrogens is 2. The van der Waals surface area contributed by atoms with E-state index in [2.05, 4.69) is 4.98 Å². The summed E-state index contributed by atoms with van der Waals surface area (Å²) in [5, 5.41) is 0. The van der Waals surface area contributed by atoms with E-state index < -0.39 is 5.97 Å². The molecule has 0 saturated heterocycles. The average Bonchev–Trinajstić information content (AvgIpc) is 2.92. The maximum absolute atomic E-state index is 12.0. The van der Waals surface area contributed by atoms with Gasteiger partial charge in [0.1, 0.15) is 18.0 Å². The third-order valence-electron chi connectivity index (χ3n) is 3.15. The molecule has 0 spiro atoms. The van der Waals surface area contributed by atoms with Gasteiger partial charge >= 0.3 is 5.97 Å². The second kappa shape index (κ2) is 5.48. The summed E-state index contributed by atoms with van der Waals surface area (Å²) < 4.78 is 11.7. The Hall–Kier alpha value is -2.89. The summed E-state index contributed by atoms with van der Waals surface area (Å²) in [6, 6.07) is 8.19. The number of furan rings is 1. The zero-order valence-corrected chi connectivity index (χ0v) is 12.2. The van der Waals surface area contributed by atoms with Crippen LogP contribution < -0.4 is 5.56 Å². The van der Waals surface area contributed by atoms with Crippen molar-refractivity contribution in [3.63, 3.8) is 0 Å². The predicted octanol–water partition coefficient (Wildman–Crippen LogP) is 2.26. The summed E-state index contributed by atoms with van der Waals surface area (Å²) in [6.45, 7) is 3.55. The maximum atomic E-state index is 12.0. The Bertz CT molecular complexity index is 908. The molecular formula is C16H14N2O4. The highest BCUT2D eigenvalue weighted by Crippen LogP contribution is 2.09. The summed E-state index contributed by atoms with van der Waals surface area (Å²) in [7, 11) is 0. The smallest absolute Gasteiger partial charge is 0.374 e. The van der Waals surface area contributed by atoms with E-state index in [0.29, 0.717) is 17.1 Å². The number of rotatable bonds is 3. The molecule has 0 amide bonds. The van der Waals surface area contributed by atoms with Gasteiger partial charge in [-0.3, -0.25) is 9.20 Å². The quantitative estimate of drug-likeness (QED) is 0.693. The van der Waals surface area contributed by atoms with Crippen LogP contribution in [0, 0.1) is 13.8 Å². The zero-order chi connectivity index (χ0) is 15.7. The highest BCUT2D eigenvalue weighted by atomic mass is 16.5. The first-order valence-corrected chi connectivity index (χ1v) is 6.75. The molecule has 0 aliphatic rings. The normalized spacial score (nSPS) is 10.8. The first kappa shape index (κ1) is 14.1. The first-order chi connectivity index (χ1) is 10.5. The van der Waals surface area contributed by atoms with Crippen molar-refractivity contribution in [2.75, 3.05) is 0 Å². The number of esters is 1. The van der Waals surface area contributed by atoms with Gasteiger partial charge < -0.3 is 9.15 Å². The molecule has 6 heteroatoms.